The number of hydrogen-bond donors (Lipinski definition) is 1. The van der Waals surface area contributed by atoms with Gasteiger partial charge in [-0.15, -0.1) is 11.3 Å². The smallest absolute Gasteiger partial charge is 0.350 e. The maximum Gasteiger partial charge on any atom is 0.350 e. The highest BCUT2D eigenvalue weighted by molar-refractivity contribution is 7.18. The van der Waals surface area contributed by atoms with Crippen molar-refractivity contribution in [2.75, 3.05) is 20.0 Å². The molecule has 1 aromatic heterocycles. The van der Waals surface area contributed by atoms with Gasteiger partial charge in [0.05, 0.1) is 19.9 Å². The van der Waals surface area contributed by atoms with E-state index in [1.165, 1.54) is 18.4 Å². The first-order valence-electron chi connectivity index (χ1n) is 7.50. The van der Waals surface area contributed by atoms with E-state index in [0.717, 1.165) is 21.9 Å². The van der Waals surface area contributed by atoms with Gasteiger partial charge in [0, 0.05) is 4.88 Å². The van der Waals surface area contributed by atoms with Gasteiger partial charge in [0.2, 0.25) is 0 Å². The minimum absolute atomic E-state index is 0.413. The van der Waals surface area contributed by atoms with Crippen LogP contribution in [0, 0.1) is 0 Å². The second kappa shape index (κ2) is 7.27. The first-order valence-corrected chi connectivity index (χ1v) is 8.32. The van der Waals surface area contributed by atoms with E-state index in [1.807, 2.05) is 48.5 Å². The fraction of sp³-hybridized carbons (Fsp3) is 0.105. The Morgan fingerprint density at radius 1 is 0.920 bits per heavy atom. The van der Waals surface area contributed by atoms with Gasteiger partial charge >= 0.3 is 5.97 Å². The summed E-state index contributed by atoms with van der Waals surface area (Å²) in [5.74, 6) is 1.79. The van der Waals surface area contributed by atoms with Crippen LogP contribution < -0.4 is 15.2 Å². The van der Waals surface area contributed by atoms with Gasteiger partial charge in [0.25, 0.3) is 0 Å². The highest BCUT2D eigenvalue weighted by Crippen LogP contribution is 2.35. The molecule has 0 saturated carbocycles. The van der Waals surface area contributed by atoms with Crippen LogP contribution in [0.5, 0.6) is 17.2 Å². The highest BCUT2D eigenvalue weighted by Gasteiger charge is 2.15. The molecule has 0 saturated heterocycles. The summed E-state index contributed by atoms with van der Waals surface area (Å²) >= 11 is 1.30. The molecule has 0 radical (unpaired) electrons. The number of carbonyl (C=O) groups is 1. The van der Waals surface area contributed by atoms with Crippen LogP contribution in [0.15, 0.2) is 54.6 Å². The number of rotatable bonds is 5. The third-order valence-corrected chi connectivity index (χ3v) is 4.75. The molecule has 2 aromatic carbocycles. The lowest BCUT2D eigenvalue weighted by Crippen LogP contribution is -2.00. The Hall–Kier alpha value is -2.99. The summed E-state index contributed by atoms with van der Waals surface area (Å²) in [4.78, 5) is 13.0. The zero-order chi connectivity index (χ0) is 17.8. The van der Waals surface area contributed by atoms with E-state index >= 15 is 0 Å². The maximum atomic E-state index is 11.7. The maximum absolute atomic E-state index is 11.7. The summed E-state index contributed by atoms with van der Waals surface area (Å²) in [6.45, 7) is 0. The van der Waals surface area contributed by atoms with Crippen LogP contribution in [0.3, 0.4) is 0 Å². The van der Waals surface area contributed by atoms with Crippen LogP contribution in [-0.4, -0.2) is 20.2 Å². The monoisotopic (exact) mass is 355 g/mol. The minimum atomic E-state index is -0.423. The van der Waals surface area contributed by atoms with E-state index in [9.17, 15) is 4.79 Å². The number of ether oxygens (including phenoxy) is 3. The molecule has 0 atom stereocenters. The van der Waals surface area contributed by atoms with Gasteiger partial charge in [-0.25, -0.2) is 4.79 Å². The third-order valence-electron chi connectivity index (χ3n) is 3.57. The predicted octanol–water partition coefficient (Wildman–Crippen LogP) is 4.58. The molecular weight excluding hydrogens is 338 g/mol. The molecule has 0 spiro atoms. The molecule has 0 unspecified atom stereocenters. The lowest BCUT2D eigenvalue weighted by Gasteiger charge is -2.07. The van der Waals surface area contributed by atoms with Crippen molar-refractivity contribution in [3.63, 3.8) is 0 Å². The number of esters is 1. The SMILES string of the molecule is COC(=O)c1sc(-c2ccc(Oc3ccc(OC)cc3)cc2)cc1N. The van der Waals surface area contributed by atoms with Gasteiger partial charge in [0.1, 0.15) is 22.1 Å². The van der Waals surface area contributed by atoms with Gasteiger partial charge in [-0.1, -0.05) is 0 Å². The zero-order valence-corrected chi connectivity index (χ0v) is 14.6. The fourth-order valence-electron chi connectivity index (χ4n) is 2.27. The molecule has 2 N–H and O–H groups in total. The van der Waals surface area contributed by atoms with E-state index in [2.05, 4.69) is 0 Å². The minimum Gasteiger partial charge on any atom is -0.497 e. The summed E-state index contributed by atoms with van der Waals surface area (Å²) in [5.41, 5.74) is 7.26. The van der Waals surface area contributed by atoms with Crippen molar-refractivity contribution < 1.29 is 19.0 Å². The Bertz CT molecular complexity index is 869. The standard InChI is InChI=1S/C19H17NO4S/c1-22-13-7-9-15(10-8-13)24-14-5-3-12(4-6-14)17-11-16(20)18(25-17)19(21)23-2/h3-11H,20H2,1-2H3. The van der Waals surface area contributed by atoms with Crippen molar-refractivity contribution in [1.82, 2.24) is 0 Å². The van der Waals surface area contributed by atoms with E-state index in [-0.39, 0.29) is 0 Å². The molecule has 0 bridgehead atoms. The number of anilines is 1. The molecule has 6 heteroatoms. The average Bonchev–Trinajstić information content (AvgIpc) is 3.04. The summed E-state index contributed by atoms with van der Waals surface area (Å²) in [6.07, 6.45) is 0. The van der Waals surface area contributed by atoms with Gasteiger partial charge in [-0.05, 0) is 60.2 Å². The molecule has 0 aliphatic heterocycles. The van der Waals surface area contributed by atoms with Crippen molar-refractivity contribution in [2.45, 2.75) is 0 Å². The van der Waals surface area contributed by atoms with E-state index in [0.29, 0.717) is 16.3 Å². The quantitative estimate of drug-likeness (QED) is 0.678. The first-order chi connectivity index (χ1) is 12.1. The number of carbonyl (C=O) groups excluding carboxylic acids is 1. The lowest BCUT2D eigenvalue weighted by molar-refractivity contribution is 0.0607. The molecule has 5 nitrogen and oxygen atoms in total. The zero-order valence-electron chi connectivity index (χ0n) is 13.8. The predicted molar refractivity (Wildman–Crippen MR) is 98.6 cm³/mol. The molecular formula is C19H17NO4S. The van der Waals surface area contributed by atoms with Crippen LogP contribution in [0.4, 0.5) is 5.69 Å². The molecule has 0 aliphatic rings. The Morgan fingerprint density at radius 3 is 2.04 bits per heavy atom. The topological polar surface area (TPSA) is 70.8 Å². The number of nitrogens with two attached hydrogens (primary N) is 1. The number of benzene rings is 2. The van der Waals surface area contributed by atoms with Crippen molar-refractivity contribution in [2.24, 2.45) is 0 Å². The molecule has 3 rings (SSSR count). The molecule has 0 aliphatic carbocycles. The molecule has 128 valence electrons. The van der Waals surface area contributed by atoms with Crippen molar-refractivity contribution in [3.05, 3.63) is 59.5 Å². The largest absolute Gasteiger partial charge is 0.497 e. The summed E-state index contributed by atoms with van der Waals surface area (Å²) in [7, 11) is 2.96. The summed E-state index contributed by atoms with van der Waals surface area (Å²) in [6, 6.07) is 16.7. The number of methoxy groups -OCH3 is 2. The van der Waals surface area contributed by atoms with Crippen molar-refractivity contribution in [1.29, 1.82) is 0 Å². The Labute approximate surface area is 149 Å². The van der Waals surface area contributed by atoms with E-state index in [4.69, 9.17) is 19.9 Å². The van der Waals surface area contributed by atoms with Crippen LogP contribution in [0.25, 0.3) is 10.4 Å². The van der Waals surface area contributed by atoms with Crippen LogP contribution in [-0.2, 0) is 4.74 Å². The molecule has 0 amide bonds. The van der Waals surface area contributed by atoms with Crippen molar-refractivity contribution in [3.8, 4) is 27.7 Å². The van der Waals surface area contributed by atoms with Gasteiger partial charge in [0.15, 0.2) is 0 Å². The van der Waals surface area contributed by atoms with E-state index in [1.54, 1.807) is 13.2 Å². The van der Waals surface area contributed by atoms with Crippen LogP contribution in [0.1, 0.15) is 9.67 Å². The average molecular weight is 355 g/mol. The molecule has 0 fully saturated rings. The lowest BCUT2D eigenvalue weighted by atomic mass is 10.2. The summed E-state index contributed by atoms with van der Waals surface area (Å²) < 4.78 is 15.7. The van der Waals surface area contributed by atoms with Gasteiger partial charge in [-0.3, -0.25) is 0 Å². The van der Waals surface area contributed by atoms with Gasteiger partial charge < -0.3 is 19.9 Å². The second-order valence-corrected chi connectivity index (χ2v) is 6.24. The Balaban J connectivity index is 1.76. The van der Waals surface area contributed by atoms with Crippen LogP contribution >= 0.6 is 11.3 Å². The normalized spacial score (nSPS) is 10.3. The molecule has 25 heavy (non-hydrogen) atoms. The van der Waals surface area contributed by atoms with Crippen molar-refractivity contribution >= 4 is 23.0 Å². The molecule has 3 aromatic rings. The first kappa shape index (κ1) is 16.9. The highest BCUT2D eigenvalue weighted by atomic mass is 32.1. The fourth-order valence-corrected chi connectivity index (χ4v) is 3.27. The Kier molecular flexibility index (Phi) is 4.90. The third kappa shape index (κ3) is 3.75. The van der Waals surface area contributed by atoms with Crippen LogP contribution in [0.2, 0.25) is 0 Å². The number of thiophene rings is 1. The Morgan fingerprint density at radius 2 is 1.48 bits per heavy atom. The number of hydrogen-bond acceptors (Lipinski definition) is 6. The van der Waals surface area contributed by atoms with Gasteiger partial charge in [-0.2, -0.15) is 0 Å². The second-order valence-electron chi connectivity index (χ2n) is 5.19. The molecule has 1 heterocycles. The summed E-state index contributed by atoms with van der Waals surface area (Å²) in [5, 5.41) is 0. The number of nitrogen functional groups attached to an aromatic ring is 1. The van der Waals surface area contributed by atoms with E-state index < -0.39 is 5.97 Å².